The fraction of sp³-hybridized carbons (Fsp3) is 0.364. The van der Waals surface area contributed by atoms with Crippen LogP contribution in [0.3, 0.4) is 0 Å². The Balaban J connectivity index is 1.82. The standard InChI is InChI=1S/C22H28ClN3O2/c1-3-26(4-2)20(17-8-6-5-7-9-17)16-25-21(27)14-15-24-22(28)18-10-12-19(23)13-11-18/h5-13,20H,3-4,14-16H2,1-2H3,(H,24,28)(H,25,27). The van der Waals surface area contributed by atoms with Gasteiger partial charge in [0.2, 0.25) is 5.91 Å². The summed E-state index contributed by atoms with van der Waals surface area (Å²) < 4.78 is 0. The number of nitrogens with zero attached hydrogens (tertiary/aromatic N) is 1. The molecule has 5 nitrogen and oxygen atoms in total. The molecule has 1 unspecified atom stereocenters. The lowest BCUT2D eigenvalue weighted by Crippen LogP contribution is -2.39. The van der Waals surface area contributed by atoms with Gasteiger partial charge < -0.3 is 10.6 Å². The predicted molar refractivity (Wildman–Crippen MR) is 114 cm³/mol. The Bertz CT molecular complexity index is 746. The van der Waals surface area contributed by atoms with Crippen LogP contribution in [0.15, 0.2) is 54.6 Å². The molecule has 0 aliphatic rings. The number of likely N-dealkylation sites (N-methyl/N-ethyl adjacent to an activating group) is 1. The van der Waals surface area contributed by atoms with E-state index < -0.39 is 0 Å². The highest BCUT2D eigenvalue weighted by atomic mass is 35.5. The first-order valence-electron chi connectivity index (χ1n) is 9.64. The van der Waals surface area contributed by atoms with Crippen molar-refractivity contribution in [3.05, 3.63) is 70.7 Å². The van der Waals surface area contributed by atoms with Gasteiger partial charge in [0.25, 0.3) is 5.91 Å². The molecule has 0 bridgehead atoms. The largest absolute Gasteiger partial charge is 0.354 e. The number of hydrogen-bond donors (Lipinski definition) is 2. The van der Waals surface area contributed by atoms with Crippen LogP contribution in [-0.2, 0) is 4.79 Å². The van der Waals surface area contributed by atoms with Gasteiger partial charge in [-0.1, -0.05) is 55.8 Å². The number of nitrogens with one attached hydrogen (secondary N) is 2. The molecule has 150 valence electrons. The zero-order valence-corrected chi connectivity index (χ0v) is 17.2. The Morgan fingerprint density at radius 2 is 1.61 bits per heavy atom. The first-order valence-corrected chi connectivity index (χ1v) is 10.0. The molecule has 0 aromatic heterocycles. The lowest BCUT2D eigenvalue weighted by Gasteiger charge is -2.30. The highest BCUT2D eigenvalue weighted by molar-refractivity contribution is 6.30. The van der Waals surface area contributed by atoms with E-state index in [2.05, 4.69) is 41.5 Å². The molecule has 0 spiro atoms. The smallest absolute Gasteiger partial charge is 0.251 e. The average molecular weight is 402 g/mol. The molecular weight excluding hydrogens is 374 g/mol. The second kappa shape index (κ2) is 11.5. The number of halogens is 1. The summed E-state index contributed by atoms with van der Waals surface area (Å²) in [4.78, 5) is 26.6. The Hall–Kier alpha value is -2.37. The van der Waals surface area contributed by atoms with E-state index in [0.717, 1.165) is 13.1 Å². The number of amides is 2. The van der Waals surface area contributed by atoms with Crippen LogP contribution in [0.2, 0.25) is 5.02 Å². The highest BCUT2D eigenvalue weighted by Gasteiger charge is 2.18. The molecule has 0 radical (unpaired) electrons. The van der Waals surface area contributed by atoms with Gasteiger partial charge in [0.15, 0.2) is 0 Å². The monoisotopic (exact) mass is 401 g/mol. The van der Waals surface area contributed by atoms with Crippen molar-refractivity contribution in [1.82, 2.24) is 15.5 Å². The van der Waals surface area contributed by atoms with Crippen molar-refractivity contribution in [1.29, 1.82) is 0 Å². The van der Waals surface area contributed by atoms with E-state index in [-0.39, 0.29) is 30.8 Å². The van der Waals surface area contributed by atoms with Gasteiger partial charge in [-0.15, -0.1) is 0 Å². The fourth-order valence-corrected chi connectivity index (χ4v) is 3.22. The van der Waals surface area contributed by atoms with E-state index in [9.17, 15) is 9.59 Å². The van der Waals surface area contributed by atoms with Crippen LogP contribution >= 0.6 is 11.6 Å². The molecule has 2 aromatic rings. The molecule has 2 N–H and O–H groups in total. The van der Waals surface area contributed by atoms with Gasteiger partial charge in [0.05, 0.1) is 6.04 Å². The normalized spacial score (nSPS) is 11.9. The molecule has 0 saturated heterocycles. The van der Waals surface area contributed by atoms with E-state index in [1.165, 1.54) is 5.56 Å². The number of carbonyl (C=O) groups excluding carboxylic acids is 2. The van der Waals surface area contributed by atoms with Crippen molar-refractivity contribution in [2.45, 2.75) is 26.3 Å². The van der Waals surface area contributed by atoms with Crippen LogP contribution in [-0.4, -0.2) is 42.9 Å². The molecule has 0 heterocycles. The van der Waals surface area contributed by atoms with Crippen molar-refractivity contribution < 1.29 is 9.59 Å². The second-order valence-corrected chi connectivity index (χ2v) is 6.90. The van der Waals surface area contributed by atoms with Gasteiger partial charge >= 0.3 is 0 Å². The minimum atomic E-state index is -0.213. The van der Waals surface area contributed by atoms with E-state index in [1.807, 2.05) is 18.2 Å². The van der Waals surface area contributed by atoms with E-state index in [1.54, 1.807) is 24.3 Å². The maximum absolute atomic E-state index is 12.2. The Labute approximate surface area is 172 Å². The van der Waals surface area contributed by atoms with Gasteiger partial charge in [-0.3, -0.25) is 14.5 Å². The molecule has 2 rings (SSSR count). The SMILES string of the molecule is CCN(CC)C(CNC(=O)CCNC(=O)c1ccc(Cl)cc1)c1ccccc1. The van der Waals surface area contributed by atoms with Crippen molar-refractivity contribution >= 4 is 23.4 Å². The van der Waals surface area contributed by atoms with Crippen LogP contribution in [0.4, 0.5) is 0 Å². The lowest BCUT2D eigenvalue weighted by molar-refractivity contribution is -0.121. The highest BCUT2D eigenvalue weighted by Crippen LogP contribution is 2.19. The molecule has 1 atom stereocenters. The molecular formula is C22H28ClN3O2. The van der Waals surface area contributed by atoms with Crippen LogP contribution in [0.25, 0.3) is 0 Å². The molecule has 6 heteroatoms. The predicted octanol–water partition coefficient (Wildman–Crippen LogP) is 3.66. The first-order chi connectivity index (χ1) is 13.5. The number of carbonyl (C=O) groups is 2. The van der Waals surface area contributed by atoms with E-state index in [4.69, 9.17) is 11.6 Å². The minimum Gasteiger partial charge on any atom is -0.354 e. The molecule has 0 fully saturated rings. The van der Waals surface area contributed by atoms with Gasteiger partial charge in [-0.05, 0) is 42.9 Å². The number of benzene rings is 2. The van der Waals surface area contributed by atoms with Crippen molar-refractivity contribution in [2.24, 2.45) is 0 Å². The van der Waals surface area contributed by atoms with E-state index in [0.29, 0.717) is 17.1 Å². The first kappa shape index (κ1) is 21.9. The summed E-state index contributed by atoms with van der Waals surface area (Å²) in [6.45, 7) is 6.87. The van der Waals surface area contributed by atoms with Crippen molar-refractivity contribution in [3.63, 3.8) is 0 Å². The summed E-state index contributed by atoms with van der Waals surface area (Å²) in [6.07, 6.45) is 0.235. The van der Waals surface area contributed by atoms with Crippen LogP contribution in [0.1, 0.15) is 42.2 Å². The maximum Gasteiger partial charge on any atom is 0.251 e. The summed E-state index contributed by atoms with van der Waals surface area (Å²) >= 11 is 5.82. The Morgan fingerprint density at radius 1 is 0.964 bits per heavy atom. The summed E-state index contributed by atoms with van der Waals surface area (Å²) in [5.74, 6) is -0.292. The Morgan fingerprint density at radius 3 is 2.21 bits per heavy atom. The fourth-order valence-electron chi connectivity index (χ4n) is 3.09. The molecule has 2 aromatic carbocycles. The zero-order chi connectivity index (χ0) is 20.4. The van der Waals surface area contributed by atoms with Gasteiger partial charge in [-0.25, -0.2) is 0 Å². The molecule has 0 aliphatic carbocycles. The molecule has 2 amide bonds. The number of hydrogen-bond acceptors (Lipinski definition) is 3. The average Bonchev–Trinajstić information content (AvgIpc) is 2.72. The maximum atomic E-state index is 12.2. The summed E-state index contributed by atoms with van der Waals surface area (Å²) in [5.41, 5.74) is 1.71. The zero-order valence-electron chi connectivity index (χ0n) is 16.5. The van der Waals surface area contributed by atoms with E-state index >= 15 is 0 Å². The van der Waals surface area contributed by atoms with Gasteiger partial charge in [0, 0.05) is 30.1 Å². The van der Waals surface area contributed by atoms with Crippen LogP contribution < -0.4 is 10.6 Å². The molecule has 0 saturated carbocycles. The summed E-state index contributed by atoms with van der Waals surface area (Å²) in [5, 5.41) is 6.34. The topological polar surface area (TPSA) is 61.4 Å². The summed E-state index contributed by atoms with van der Waals surface area (Å²) in [7, 11) is 0. The number of rotatable bonds is 10. The quantitative estimate of drug-likeness (QED) is 0.638. The third kappa shape index (κ3) is 6.66. The lowest BCUT2D eigenvalue weighted by atomic mass is 10.1. The van der Waals surface area contributed by atoms with Crippen LogP contribution in [0.5, 0.6) is 0 Å². The molecule has 0 aliphatic heterocycles. The molecule has 28 heavy (non-hydrogen) atoms. The van der Waals surface area contributed by atoms with Crippen molar-refractivity contribution in [2.75, 3.05) is 26.2 Å². The summed E-state index contributed by atoms with van der Waals surface area (Å²) in [6, 6.07) is 17.0. The van der Waals surface area contributed by atoms with Gasteiger partial charge in [0.1, 0.15) is 0 Å². The Kier molecular flexibility index (Phi) is 8.98. The van der Waals surface area contributed by atoms with Crippen molar-refractivity contribution in [3.8, 4) is 0 Å². The van der Waals surface area contributed by atoms with Gasteiger partial charge in [-0.2, -0.15) is 0 Å². The third-order valence-corrected chi connectivity index (χ3v) is 4.93. The minimum absolute atomic E-state index is 0.0792. The second-order valence-electron chi connectivity index (χ2n) is 6.46. The van der Waals surface area contributed by atoms with Crippen LogP contribution in [0, 0.1) is 0 Å². The third-order valence-electron chi connectivity index (χ3n) is 4.67.